The van der Waals surface area contributed by atoms with E-state index < -0.39 is 0 Å². The molecule has 2 aliphatic heterocycles. The smallest absolute Gasteiger partial charge is 0.254 e. The van der Waals surface area contributed by atoms with Crippen LogP contribution in [0.3, 0.4) is 0 Å². The van der Waals surface area contributed by atoms with E-state index in [2.05, 4.69) is 0 Å². The van der Waals surface area contributed by atoms with Crippen molar-refractivity contribution in [2.24, 2.45) is 0 Å². The van der Waals surface area contributed by atoms with Crippen molar-refractivity contribution in [1.29, 1.82) is 0 Å². The zero-order valence-corrected chi connectivity index (χ0v) is 11.7. The third-order valence-electron chi connectivity index (χ3n) is 4.00. The van der Waals surface area contributed by atoms with Gasteiger partial charge in [-0.25, -0.2) is 0 Å². The summed E-state index contributed by atoms with van der Waals surface area (Å²) in [7, 11) is 0. The zero-order chi connectivity index (χ0) is 13.2. The summed E-state index contributed by atoms with van der Waals surface area (Å²) in [6.45, 7) is 1.55. The van der Waals surface area contributed by atoms with E-state index in [1.54, 1.807) is 0 Å². The molecule has 0 spiro atoms. The van der Waals surface area contributed by atoms with Crippen LogP contribution < -0.4 is 4.74 Å². The van der Waals surface area contributed by atoms with Crippen LogP contribution in [0.15, 0.2) is 18.2 Å². The minimum atomic E-state index is 0.111. The highest BCUT2D eigenvalue weighted by Gasteiger charge is 2.27. The maximum absolute atomic E-state index is 12.6. The van der Waals surface area contributed by atoms with Gasteiger partial charge in [-0.15, -0.1) is 11.6 Å². The third-order valence-corrected chi connectivity index (χ3v) is 4.36. The molecule has 0 radical (unpaired) electrons. The van der Waals surface area contributed by atoms with Crippen molar-refractivity contribution >= 4 is 17.5 Å². The molecule has 102 valence electrons. The number of rotatable bonds is 2. The van der Waals surface area contributed by atoms with Crippen molar-refractivity contribution in [3.8, 4) is 5.75 Å². The van der Waals surface area contributed by atoms with E-state index >= 15 is 0 Å². The number of halogens is 1. The largest absolute Gasteiger partial charge is 0.493 e. The lowest BCUT2D eigenvalue weighted by molar-refractivity contribution is 0.0639. The van der Waals surface area contributed by atoms with Crippen LogP contribution >= 0.6 is 11.6 Å². The van der Waals surface area contributed by atoms with Crippen molar-refractivity contribution in [1.82, 2.24) is 4.90 Å². The molecule has 3 rings (SSSR count). The number of nitrogens with zero attached hydrogens (tertiary/aromatic N) is 1. The Morgan fingerprint density at radius 1 is 1.42 bits per heavy atom. The lowest BCUT2D eigenvalue weighted by Gasteiger charge is -2.34. The number of piperidine rings is 1. The molecule has 0 bridgehead atoms. The number of carbonyl (C=O) groups excluding carboxylic acids is 1. The summed E-state index contributed by atoms with van der Waals surface area (Å²) >= 11 is 5.99. The number of alkyl halides is 1. The van der Waals surface area contributed by atoms with Crippen LogP contribution in [-0.4, -0.2) is 35.9 Å². The highest BCUT2D eigenvalue weighted by Crippen LogP contribution is 2.27. The van der Waals surface area contributed by atoms with Gasteiger partial charge in [0.1, 0.15) is 5.75 Å². The summed E-state index contributed by atoms with van der Waals surface area (Å²) in [5.74, 6) is 1.56. The van der Waals surface area contributed by atoms with Crippen molar-refractivity contribution in [3.05, 3.63) is 29.3 Å². The van der Waals surface area contributed by atoms with E-state index in [-0.39, 0.29) is 11.9 Å². The fourth-order valence-corrected chi connectivity index (χ4v) is 3.23. The van der Waals surface area contributed by atoms with E-state index in [1.807, 2.05) is 23.1 Å². The minimum absolute atomic E-state index is 0.111. The topological polar surface area (TPSA) is 29.5 Å². The van der Waals surface area contributed by atoms with Crippen LogP contribution in [0.4, 0.5) is 0 Å². The molecule has 1 aromatic rings. The summed E-state index contributed by atoms with van der Waals surface area (Å²) < 4.78 is 5.47. The second-order valence-electron chi connectivity index (χ2n) is 5.22. The second-order valence-corrected chi connectivity index (χ2v) is 5.53. The molecule has 0 saturated carbocycles. The van der Waals surface area contributed by atoms with E-state index in [4.69, 9.17) is 16.3 Å². The second kappa shape index (κ2) is 5.41. The quantitative estimate of drug-likeness (QED) is 0.779. The average Bonchev–Trinajstić information content (AvgIpc) is 2.93. The maximum atomic E-state index is 12.6. The Kier molecular flexibility index (Phi) is 3.65. The highest BCUT2D eigenvalue weighted by molar-refractivity contribution is 6.18. The van der Waals surface area contributed by atoms with Gasteiger partial charge in [-0.3, -0.25) is 4.79 Å². The van der Waals surface area contributed by atoms with Gasteiger partial charge in [0.15, 0.2) is 0 Å². The van der Waals surface area contributed by atoms with Crippen LogP contribution in [0.25, 0.3) is 0 Å². The van der Waals surface area contributed by atoms with Gasteiger partial charge in [-0.2, -0.15) is 0 Å². The van der Waals surface area contributed by atoms with Crippen molar-refractivity contribution in [3.63, 3.8) is 0 Å². The van der Waals surface area contributed by atoms with Crippen LogP contribution in [0.2, 0.25) is 0 Å². The van der Waals surface area contributed by atoms with Crippen LogP contribution in [0.5, 0.6) is 5.75 Å². The standard InChI is InChI=1S/C15H18ClNO2/c16-10-13-3-1-2-7-17(13)15(18)12-4-5-14-11(9-12)6-8-19-14/h4-5,9,13H,1-3,6-8,10H2. The van der Waals surface area contributed by atoms with E-state index in [9.17, 15) is 4.79 Å². The van der Waals surface area contributed by atoms with Crippen molar-refractivity contribution in [2.45, 2.75) is 31.7 Å². The monoisotopic (exact) mass is 279 g/mol. The molecule has 0 aromatic heterocycles. The fraction of sp³-hybridized carbons (Fsp3) is 0.533. The summed E-state index contributed by atoms with van der Waals surface area (Å²) in [4.78, 5) is 14.5. The highest BCUT2D eigenvalue weighted by atomic mass is 35.5. The molecule has 1 aromatic carbocycles. The minimum Gasteiger partial charge on any atom is -0.493 e. The first kappa shape index (κ1) is 12.8. The van der Waals surface area contributed by atoms with Crippen LogP contribution in [-0.2, 0) is 6.42 Å². The average molecular weight is 280 g/mol. The molecule has 2 heterocycles. The number of ether oxygens (including phenoxy) is 1. The van der Waals surface area contributed by atoms with Gasteiger partial charge < -0.3 is 9.64 Å². The maximum Gasteiger partial charge on any atom is 0.254 e. The lowest BCUT2D eigenvalue weighted by atomic mass is 10.0. The predicted octanol–water partition coefficient (Wildman–Crippen LogP) is 2.86. The van der Waals surface area contributed by atoms with Crippen LogP contribution in [0.1, 0.15) is 35.2 Å². The predicted molar refractivity (Wildman–Crippen MR) is 75.0 cm³/mol. The summed E-state index contributed by atoms with van der Waals surface area (Å²) in [5, 5.41) is 0. The van der Waals surface area contributed by atoms with Gasteiger partial charge in [0, 0.05) is 30.5 Å². The number of hydrogen-bond donors (Lipinski definition) is 0. The third kappa shape index (κ3) is 2.44. The molecule has 0 N–H and O–H groups in total. The molecular weight excluding hydrogens is 262 g/mol. The molecule has 0 aliphatic carbocycles. The molecule has 19 heavy (non-hydrogen) atoms. The number of amides is 1. The Morgan fingerprint density at radius 3 is 3.16 bits per heavy atom. The molecule has 2 aliphatic rings. The number of fused-ring (bicyclic) bond motifs is 1. The Bertz CT molecular complexity index is 489. The van der Waals surface area contributed by atoms with Gasteiger partial charge in [0.25, 0.3) is 5.91 Å². The zero-order valence-electron chi connectivity index (χ0n) is 10.9. The summed E-state index contributed by atoms with van der Waals surface area (Å²) in [6, 6.07) is 5.94. The Labute approximate surface area is 118 Å². The Balaban J connectivity index is 1.82. The van der Waals surface area contributed by atoms with Crippen LogP contribution in [0, 0.1) is 0 Å². The molecule has 1 unspecified atom stereocenters. The number of hydrogen-bond acceptors (Lipinski definition) is 2. The van der Waals surface area contributed by atoms with Gasteiger partial charge in [-0.05, 0) is 43.0 Å². The molecule has 1 atom stereocenters. The number of likely N-dealkylation sites (tertiary alicyclic amines) is 1. The van der Waals surface area contributed by atoms with Crippen molar-refractivity contribution in [2.75, 3.05) is 19.0 Å². The molecular formula is C15H18ClNO2. The van der Waals surface area contributed by atoms with E-state index in [0.29, 0.717) is 5.88 Å². The first-order chi connectivity index (χ1) is 9.29. The lowest BCUT2D eigenvalue weighted by Crippen LogP contribution is -2.44. The van der Waals surface area contributed by atoms with Gasteiger partial charge in [0.2, 0.25) is 0 Å². The van der Waals surface area contributed by atoms with E-state index in [1.165, 1.54) is 6.42 Å². The number of benzene rings is 1. The molecule has 1 saturated heterocycles. The molecule has 1 amide bonds. The number of carbonyl (C=O) groups is 1. The first-order valence-corrected chi connectivity index (χ1v) is 7.45. The first-order valence-electron chi connectivity index (χ1n) is 6.92. The van der Waals surface area contributed by atoms with Gasteiger partial charge in [0.05, 0.1) is 6.61 Å². The Hall–Kier alpha value is -1.22. The summed E-state index contributed by atoms with van der Waals surface area (Å²) in [6.07, 6.45) is 4.16. The van der Waals surface area contributed by atoms with E-state index in [0.717, 1.165) is 49.3 Å². The molecule has 1 fully saturated rings. The molecule has 3 nitrogen and oxygen atoms in total. The summed E-state index contributed by atoms with van der Waals surface area (Å²) in [5.41, 5.74) is 1.91. The Morgan fingerprint density at radius 2 is 2.32 bits per heavy atom. The molecule has 4 heteroatoms. The van der Waals surface area contributed by atoms with Gasteiger partial charge >= 0.3 is 0 Å². The normalized spacial score (nSPS) is 21.9. The SMILES string of the molecule is O=C(c1ccc2c(c1)CCO2)N1CCCCC1CCl. The van der Waals surface area contributed by atoms with Crippen molar-refractivity contribution < 1.29 is 9.53 Å². The fourth-order valence-electron chi connectivity index (χ4n) is 2.91. The van der Waals surface area contributed by atoms with Gasteiger partial charge in [-0.1, -0.05) is 0 Å².